The predicted molar refractivity (Wildman–Crippen MR) is 148 cm³/mol. The van der Waals surface area contributed by atoms with Crippen LogP contribution in [0.25, 0.3) is 46.1 Å². The van der Waals surface area contributed by atoms with Gasteiger partial charge in [0.1, 0.15) is 0 Å². The minimum atomic E-state index is 0.547. The van der Waals surface area contributed by atoms with E-state index in [2.05, 4.69) is 105 Å². The van der Waals surface area contributed by atoms with Crippen LogP contribution in [-0.4, -0.2) is 9.97 Å². The van der Waals surface area contributed by atoms with Crippen molar-refractivity contribution >= 4 is 12.2 Å². The van der Waals surface area contributed by atoms with Crippen LogP contribution in [0.1, 0.15) is 36.5 Å². The summed E-state index contributed by atoms with van der Waals surface area (Å²) in [7, 11) is 0. The fourth-order valence-electron chi connectivity index (χ4n) is 4.02. The van der Waals surface area contributed by atoms with Crippen molar-refractivity contribution in [2.45, 2.75) is 19.8 Å². The summed E-state index contributed by atoms with van der Waals surface area (Å²) in [5.41, 5.74) is 8.70. The molecule has 0 saturated carbocycles. The van der Waals surface area contributed by atoms with Crippen LogP contribution >= 0.6 is 0 Å². The zero-order chi connectivity index (χ0) is 24.0. The van der Waals surface area contributed by atoms with E-state index in [1.165, 1.54) is 11.1 Å². The molecule has 0 aliphatic rings. The van der Waals surface area contributed by atoms with E-state index in [-0.39, 0.29) is 0 Å². The number of hydrogen-bond acceptors (Lipinski definition) is 2. The maximum absolute atomic E-state index is 4.92. The maximum Gasteiger partial charge on any atom is 0.160 e. The molecule has 1 aromatic heterocycles. The molecule has 0 atom stereocenters. The zero-order valence-corrected chi connectivity index (χ0v) is 20.1. The second kappa shape index (κ2) is 10.3. The van der Waals surface area contributed by atoms with Crippen molar-refractivity contribution < 1.29 is 0 Å². The van der Waals surface area contributed by atoms with Gasteiger partial charge in [0, 0.05) is 16.7 Å². The first kappa shape index (κ1) is 22.5. The number of rotatable bonds is 6. The van der Waals surface area contributed by atoms with Crippen LogP contribution < -0.4 is 0 Å². The zero-order valence-electron chi connectivity index (χ0n) is 20.1. The largest absolute Gasteiger partial charge is 0.228 e. The van der Waals surface area contributed by atoms with Gasteiger partial charge in [-0.1, -0.05) is 135 Å². The average Bonchev–Trinajstić information content (AvgIpc) is 2.93. The Morgan fingerprint density at radius 1 is 0.514 bits per heavy atom. The lowest BCUT2D eigenvalue weighted by atomic mass is 10.0. The van der Waals surface area contributed by atoms with Gasteiger partial charge in [0.05, 0.1) is 11.4 Å². The molecule has 1 heterocycles. The number of benzene rings is 4. The summed E-state index contributed by atoms with van der Waals surface area (Å²) in [6.45, 7) is 4.43. The first-order valence-electron chi connectivity index (χ1n) is 12.0. The van der Waals surface area contributed by atoms with Crippen LogP contribution in [0.15, 0.2) is 115 Å². The molecule has 0 fully saturated rings. The van der Waals surface area contributed by atoms with Crippen molar-refractivity contribution in [1.82, 2.24) is 9.97 Å². The Bertz CT molecular complexity index is 1360. The van der Waals surface area contributed by atoms with Crippen LogP contribution in [0.2, 0.25) is 0 Å². The van der Waals surface area contributed by atoms with E-state index < -0.39 is 0 Å². The molecular formula is C33H28N2. The van der Waals surface area contributed by atoms with Crippen LogP contribution in [0, 0.1) is 0 Å². The highest BCUT2D eigenvalue weighted by Crippen LogP contribution is 2.27. The van der Waals surface area contributed by atoms with Crippen LogP contribution in [0.5, 0.6) is 0 Å². The summed E-state index contributed by atoms with van der Waals surface area (Å²) < 4.78 is 0. The van der Waals surface area contributed by atoms with Crippen LogP contribution in [0.3, 0.4) is 0 Å². The van der Waals surface area contributed by atoms with Crippen LogP contribution in [-0.2, 0) is 0 Å². The van der Waals surface area contributed by atoms with Crippen molar-refractivity contribution in [3.63, 3.8) is 0 Å². The molecule has 0 spiro atoms. The van der Waals surface area contributed by atoms with E-state index in [4.69, 9.17) is 9.97 Å². The summed E-state index contributed by atoms with van der Waals surface area (Å²) in [5.74, 6) is 1.27. The van der Waals surface area contributed by atoms with E-state index in [0.717, 1.165) is 39.5 Å². The first-order valence-corrected chi connectivity index (χ1v) is 12.0. The fourth-order valence-corrected chi connectivity index (χ4v) is 4.02. The highest BCUT2D eigenvalue weighted by atomic mass is 14.9. The van der Waals surface area contributed by atoms with Crippen LogP contribution in [0.4, 0.5) is 0 Å². The highest BCUT2D eigenvalue weighted by molar-refractivity contribution is 5.74. The Balaban J connectivity index is 1.45. The van der Waals surface area contributed by atoms with Crippen molar-refractivity contribution in [2.75, 3.05) is 0 Å². The third-order valence-corrected chi connectivity index (χ3v) is 6.11. The Morgan fingerprint density at radius 3 is 1.43 bits per heavy atom. The molecule has 5 rings (SSSR count). The van der Waals surface area contributed by atoms with Gasteiger partial charge < -0.3 is 0 Å². The molecular weight excluding hydrogens is 424 g/mol. The van der Waals surface area contributed by atoms with Gasteiger partial charge in [0.15, 0.2) is 5.82 Å². The summed E-state index contributed by atoms with van der Waals surface area (Å²) in [6.07, 6.45) is 4.30. The van der Waals surface area contributed by atoms with Gasteiger partial charge in [-0.15, -0.1) is 0 Å². The molecule has 2 nitrogen and oxygen atoms in total. The molecule has 0 amide bonds. The minimum absolute atomic E-state index is 0.547. The Kier molecular flexibility index (Phi) is 6.63. The molecule has 0 N–H and O–H groups in total. The van der Waals surface area contributed by atoms with E-state index >= 15 is 0 Å². The predicted octanol–water partition coefficient (Wildman–Crippen LogP) is 8.77. The number of hydrogen-bond donors (Lipinski definition) is 0. The minimum Gasteiger partial charge on any atom is -0.228 e. The first-order chi connectivity index (χ1) is 17.2. The van der Waals surface area contributed by atoms with Gasteiger partial charge in [-0.05, 0) is 28.7 Å². The van der Waals surface area contributed by atoms with Crippen molar-refractivity contribution in [2.24, 2.45) is 0 Å². The standard InChI is InChI=1S/C33H28N2/c1-24(2)27-19-15-25(16-20-27)13-14-26-17-21-30(22-18-26)33-34-31(28-9-5-3-6-10-28)23-32(35-33)29-11-7-4-8-12-29/h3-24H,1-2H3/b14-13+. The molecule has 2 heteroatoms. The fraction of sp³-hybridized carbons (Fsp3) is 0.0909. The lowest BCUT2D eigenvalue weighted by Crippen LogP contribution is -1.95. The maximum atomic E-state index is 4.92. The second-order valence-electron chi connectivity index (χ2n) is 8.97. The summed E-state index contributed by atoms with van der Waals surface area (Å²) in [4.78, 5) is 9.83. The number of aromatic nitrogens is 2. The molecule has 0 unspecified atom stereocenters. The monoisotopic (exact) mass is 452 g/mol. The lowest BCUT2D eigenvalue weighted by molar-refractivity contribution is 0.866. The summed E-state index contributed by atoms with van der Waals surface area (Å²) >= 11 is 0. The smallest absolute Gasteiger partial charge is 0.160 e. The normalized spacial score (nSPS) is 11.3. The van der Waals surface area contributed by atoms with Gasteiger partial charge in [0.2, 0.25) is 0 Å². The summed E-state index contributed by atoms with van der Waals surface area (Å²) in [5, 5.41) is 0. The van der Waals surface area contributed by atoms with Crippen molar-refractivity contribution in [1.29, 1.82) is 0 Å². The molecule has 0 radical (unpaired) electrons. The molecule has 4 aromatic carbocycles. The SMILES string of the molecule is CC(C)c1ccc(/C=C/c2ccc(-c3nc(-c4ccccc4)cc(-c4ccccc4)n3)cc2)cc1. The van der Waals surface area contributed by atoms with Gasteiger partial charge in [-0.3, -0.25) is 0 Å². The van der Waals surface area contributed by atoms with Gasteiger partial charge >= 0.3 is 0 Å². The van der Waals surface area contributed by atoms with E-state index in [1.54, 1.807) is 0 Å². The van der Waals surface area contributed by atoms with E-state index in [0.29, 0.717) is 5.92 Å². The molecule has 0 aliphatic heterocycles. The molecule has 35 heavy (non-hydrogen) atoms. The van der Waals surface area contributed by atoms with Crippen molar-refractivity contribution in [3.8, 4) is 33.9 Å². The van der Waals surface area contributed by atoms with E-state index in [1.807, 2.05) is 36.4 Å². The molecule has 0 aliphatic carbocycles. The summed E-state index contributed by atoms with van der Waals surface area (Å²) in [6, 6.07) is 39.8. The van der Waals surface area contributed by atoms with Gasteiger partial charge in [-0.25, -0.2) is 9.97 Å². The topological polar surface area (TPSA) is 25.8 Å². The molecule has 5 aromatic rings. The second-order valence-corrected chi connectivity index (χ2v) is 8.97. The third-order valence-electron chi connectivity index (χ3n) is 6.11. The van der Waals surface area contributed by atoms with Gasteiger partial charge in [0.25, 0.3) is 0 Å². The average molecular weight is 453 g/mol. The number of nitrogens with zero attached hydrogens (tertiary/aromatic N) is 2. The molecule has 170 valence electrons. The molecule has 0 bridgehead atoms. The van der Waals surface area contributed by atoms with Crippen molar-refractivity contribution in [3.05, 3.63) is 132 Å². The van der Waals surface area contributed by atoms with E-state index in [9.17, 15) is 0 Å². The highest BCUT2D eigenvalue weighted by Gasteiger charge is 2.10. The Hall–Kier alpha value is -4.30. The quantitative estimate of drug-likeness (QED) is 0.241. The molecule has 0 saturated heterocycles. The third kappa shape index (κ3) is 5.44. The van der Waals surface area contributed by atoms with Gasteiger partial charge in [-0.2, -0.15) is 0 Å². The Labute approximate surface area is 207 Å². The lowest BCUT2D eigenvalue weighted by Gasteiger charge is -2.09. The Morgan fingerprint density at radius 2 is 0.971 bits per heavy atom.